The smallest absolute Gasteiger partial charge is 0.212 e. The summed E-state index contributed by atoms with van der Waals surface area (Å²) in [6.45, 7) is 0. The number of hydrogen-bond acceptors (Lipinski definition) is 2. The summed E-state index contributed by atoms with van der Waals surface area (Å²) < 4.78 is 53.2. The highest BCUT2D eigenvalue weighted by atomic mass is 32.2. The van der Waals surface area contributed by atoms with Gasteiger partial charge in [0, 0.05) is 0 Å². The van der Waals surface area contributed by atoms with Gasteiger partial charge in [-0.2, -0.15) is 13.2 Å². The molecule has 0 aromatic heterocycles. The second-order valence-corrected chi connectivity index (χ2v) is 3.12. The molecule has 0 spiro atoms. The van der Waals surface area contributed by atoms with Crippen molar-refractivity contribution in [2.24, 2.45) is 0 Å². The summed E-state index contributed by atoms with van der Waals surface area (Å²) in [5.41, 5.74) is 0. The van der Waals surface area contributed by atoms with Crippen LogP contribution >= 0.6 is 0 Å². The fourth-order valence-corrected chi connectivity index (χ4v) is 0.631. The molecule has 0 aromatic rings. The Morgan fingerprint density at radius 1 is 1.33 bits per heavy atom. The second kappa shape index (κ2) is 2.14. The van der Waals surface area contributed by atoms with Crippen LogP contribution in [0.2, 0.25) is 0 Å². The lowest BCUT2D eigenvalue weighted by Crippen LogP contribution is -2.36. The molecule has 0 aliphatic carbocycles. The summed E-state index contributed by atoms with van der Waals surface area (Å²) in [5.74, 6) is 0. The van der Waals surface area contributed by atoms with Crippen molar-refractivity contribution in [3.8, 4) is 0 Å². The fourth-order valence-electron chi connectivity index (χ4n) is 0.210. The molecule has 0 saturated heterocycles. The van der Waals surface area contributed by atoms with E-state index >= 15 is 0 Å². The number of alkyl halides is 3. The Morgan fingerprint density at radius 2 is 1.67 bits per heavy atom. The van der Waals surface area contributed by atoms with Gasteiger partial charge >= 0.3 is 6.30 Å². The molecule has 1 N–H and O–H groups in total. The van der Waals surface area contributed by atoms with Crippen LogP contribution in [0.3, 0.4) is 0 Å². The lowest BCUT2D eigenvalue weighted by atomic mass is 11.3. The van der Waals surface area contributed by atoms with Crippen molar-refractivity contribution < 1.29 is 21.6 Å². The molecule has 0 atom stereocenters. The van der Waals surface area contributed by atoms with Crippen LogP contribution in [-0.2, 0) is 10.0 Å². The lowest BCUT2D eigenvalue weighted by Gasteiger charge is -2.03. The Bertz CT molecular complexity index is 180. The summed E-state index contributed by atoms with van der Waals surface area (Å²) in [4.78, 5) is 0. The summed E-state index contributed by atoms with van der Waals surface area (Å²) >= 11 is 0. The molecule has 0 bridgehead atoms. The van der Waals surface area contributed by atoms with Crippen LogP contribution in [0.1, 0.15) is 0 Å². The number of nitrogens with one attached hydrogen (secondary N) is 1. The molecular weight excluding hydrogens is 159 g/mol. The Morgan fingerprint density at radius 3 is 1.67 bits per heavy atom. The normalized spacial score (nSPS) is 13.8. The van der Waals surface area contributed by atoms with Crippen molar-refractivity contribution in [3.05, 3.63) is 0 Å². The van der Waals surface area contributed by atoms with Gasteiger partial charge < -0.3 is 0 Å². The highest BCUT2D eigenvalue weighted by Crippen LogP contribution is 2.09. The Balaban J connectivity index is 4.07. The highest BCUT2D eigenvalue weighted by Gasteiger charge is 2.31. The fraction of sp³-hybridized carbons (Fsp3) is 1.00. The molecule has 0 unspecified atom stereocenters. The van der Waals surface area contributed by atoms with Crippen LogP contribution in [-0.4, -0.2) is 21.0 Å². The maximum absolute atomic E-state index is 11.1. The molecule has 3 nitrogen and oxygen atoms in total. The van der Waals surface area contributed by atoms with E-state index in [9.17, 15) is 21.6 Å². The van der Waals surface area contributed by atoms with Crippen molar-refractivity contribution >= 4 is 10.0 Å². The molecule has 7 heteroatoms. The average molecular weight is 163 g/mol. The van der Waals surface area contributed by atoms with Gasteiger partial charge in [-0.25, -0.2) is 8.42 Å². The monoisotopic (exact) mass is 163 g/mol. The van der Waals surface area contributed by atoms with Crippen molar-refractivity contribution in [1.82, 2.24) is 4.72 Å². The maximum Gasteiger partial charge on any atom is 0.470 e. The quantitative estimate of drug-likeness (QED) is 0.555. The van der Waals surface area contributed by atoms with E-state index < -0.39 is 16.3 Å². The van der Waals surface area contributed by atoms with Crippen LogP contribution < -0.4 is 4.72 Å². The topological polar surface area (TPSA) is 46.2 Å². The van der Waals surface area contributed by atoms with E-state index in [0.29, 0.717) is 11.0 Å². The zero-order valence-corrected chi connectivity index (χ0v) is 5.18. The third kappa shape index (κ3) is 7.70. The van der Waals surface area contributed by atoms with E-state index in [2.05, 4.69) is 0 Å². The van der Waals surface area contributed by atoms with E-state index in [4.69, 9.17) is 0 Å². The van der Waals surface area contributed by atoms with Gasteiger partial charge in [0.25, 0.3) is 0 Å². The molecule has 9 heavy (non-hydrogen) atoms. The molecule has 0 radical (unpaired) electrons. The van der Waals surface area contributed by atoms with E-state index in [-0.39, 0.29) is 0 Å². The molecule has 0 heterocycles. The first-order valence-electron chi connectivity index (χ1n) is 1.76. The maximum atomic E-state index is 11.1. The molecule has 0 aliphatic heterocycles. The zero-order valence-electron chi connectivity index (χ0n) is 4.36. The zero-order chi connectivity index (χ0) is 7.71. The minimum Gasteiger partial charge on any atom is -0.212 e. The number of halogens is 3. The minimum absolute atomic E-state index is 0.431. The first-order valence-corrected chi connectivity index (χ1v) is 3.65. The largest absolute Gasteiger partial charge is 0.470 e. The lowest BCUT2D eigenvalue weighted by molar-refractivity contribution is -0.137. The first kappa shape index (κ1) is 8.70. The van der Waals surface area contributed by atoms with Crippen molar-refractivity contribution in [2.75, 3.05) is 6.26 Å². The second-order valence-electron chi connectivity index (χ2n) is 1.37. The molecule has 0 fully saturated rings. The number of sulfonamides is 1. The Labute approximate surface area is 49.9 Å². The van der Waals surface area contributed by atoms with Gasteiger partial charge in [0.15, 0.2) is 0 Å². The molecular formula is C2H4F3NO2S. The summed E-state index contributed by atoms with van der Waals surface area (Å²) in [7, 11) is -4.16. The third-order valence-electron chi connectivity index (χ3n) is 0.301. The Hall–Kier alpha value is -0.300. The molecule has 0 amide bonds. The third-order valence-corrected chi connectivity index (χ3v) is 0.903. The van der Waals surface area contributed by atoms with Gasteiger partial charge in [0.05, 0.1) is 6.26 Å². The first-order chi connectivity index (χ1) is 3.71. The molecule has 0 rings (SSSR count). The predicted octanol–water partition coefficient (Wildman–Crippen LogP) is 0.0554. The van der Waals surface area contributed by atoms with Crippen molar-refractivity contribution in [3.63, 3.8) is 0 Å². The number of hydrogen-bond donors (Lipinski definition) is 1. The van der Waals surface area contributed by atoms with Crippen molar-refractivity contribution in [1.29, 1.82) is 0 Å². The number of rotatable bonds is 1. The van der Waals surface area contributed by atoms with Gasteiger partial charge in [0.2, 0.25) is 10.0 Å². The summed E-state index contributed by atoms with van der Waals surface area (Å²) in [5, 5.41) is 0. The molecule has 0 saturated carbocycles. The van der Waals surface area contributed by atoms with Crippen LogP contribution in [0.25, 0.3) is 0 Å². The SMILES string of the molecule is CS(=O)(=O)NC(F)(F)F. The van der Waals surface area contributed by atoms with Crippen molar-refractivity contribution in [2.45, 2.75) is 6.30 Å². The molecule has 0 aliphatic rings. The van der Waals surface area contributed by atoms with Crippen LogP contribution in [0.15, 0.2) is 0 Å². The van der Waals surface area contributed by atoms with E-state index in [1.165, 1.54) is 0 Å². The van der Waals surface area contributed by atoms with E-state index in [1.807, 2.05) is 0 Å². The minimum atomic E-state index is -4.85. The van der Waals surface area contributed by atoms with Crippen LogP contribution in [0.4, 0.5) is 13.2 Å². The van der Waals surface area contributed by atoms with Gasteiger partial charge in [-0.3, -0.25) is 0 Å². The van der Waals surface area contributed by atoms with E-state index in [0.717, 1.165) is 0 Å². The predicted molar refractivity (Wildman–Crippen MR) is 24.0 cm³/mol. The Kier molecular flexibility index (Phi) is 2.07. The van der Waals surface area contributed by atoms with Crippen LogP contribution in [0.5, 0.6) is 0 Å². The standard InChI is InChI=1S/C2H4F3NO2S/c1-9(7,8)6-2(3,4)5/h6H,1H3. The molecule has 56 valence electrons. The van der Waals surface area contributed by atoms with Gasteiger partial charge in [-0.1, -0.05) is 0 Å². The summed E-state index contributed by atoms with van der Waals surface area (Å²) in [6, 6.07) is 0. The highest BCUT2D eigenvalue weighted by molar-refractivity contribution is 7.88. The van der Waals surface area contributed by atoms with Crippen LogP contribution in [0, 0.1) is 0 Å². The van der Waals surface area contributed by atoms with Gasteiger partial charge in [0.1, 0.15) is 0 Å². The summed E-state index contributed by atoms with van der Waals surface area (Å²) in [6.07, 6.45) is -4.42. The average Bonchev–Trinajstić information content (AvgIpc) is 1.14. The van der Waals surface area contributed by atoms with E-state index in [1.54, 1.807) is 0 Å². The molecule has 0 aromatic carbocycles. The van der Waals surface area contributed by atoms with Gasteiger partial charge in [-0.05, 0) is 0 Å². The van der Waals surface area contributed by atoms with Gasteiger partial charge in [-0.15, -0.1) is 4.72 Å².